The number of anilines is 2. The molecule has 0 spiro atoms. The molecule has 0 saturated heterocycles. The zero-order chi connectivity index (χ0) is 14.6. The molecule has 19 heavy (non-hydrogen) atoms. The number of carboxylic acid groups (broad SMARTS) is 1. The molecule has 0 bridgehead atoms. The summed E-state index contributed by atoms with van der Waals surface area (Å²) in [6.07, 6.45) is 0. The number of carboxylic acids is 1. The van der Waals surface area contributed by atoms with E-state index in [9.17, 15) is 9.90 Å². The summed E-state index contributed by atoms with van der Waals surface area (Å²) in [5.74, 6) is -1.00. The SMILES string of the molecule is COCCN(c1cc(C)c(N)c(C(=O)O)c1)C(C)C. The monoisotopic (exact) mass is 266 g/mol. The maximum Gasteiger partial charge on any atom is 0.337 e. The summed E-state index contributed by atoms with van der Waals surface area (Å²) in [6, 6.07) is 3.79. The number of nitrogens with zero attached hydrogens (tertiary/aromatic N) is 1. The Morgan fingerprint density at radius 1 is 1.47 bits per heavy atom. The number of carbonyl (C=O) groups is 1. The van der Waals surface area contributed by atoms with E-state index in [0.717, 1.165) is 11.3 Å². The van der Waals surface area contributed by atoms with Crippen LogP contribution >= 0.6 is 0 Å². The van der Waals surface area contributed by atoms with Crippen molar-refractivity contribution in [2.24, 2.45) is 0 Å². The van der Waals surface area contributed by atoms with Gasteiger partial charge in [-0.3, -0.25) is 0 Å². The minimum Gasteiger partial charge on any atom is -0.478 e. The van der Waals surface area contributed by atoms with Crippen LogP contribution in [0.2, 0.25) is 0 Å². The molecule has 0 aromatic heterocycles. The topological polar surface area (TPSA) is 75.8 Å². The number of methoxy groups -OCH3 is 1. The van der Waals surface area contributed by atoms with Crippen LogP contribution in [0, 0.1) is 6.92 Å². The summed E-state index contributed by atoms with van der Waals surface area (Å²) >= 11 is 0. The smallest absolute Gasteiger partial charge is 0.337 e. The molecule has 1 rings (SSSR count). The molecule has 0 atom stereocenters. The number of hydrogen-bond acceptors (Lipinski definition) is 4. The van der Waals surface area contributed by atoms with E-state index >= 15 is 0 Å². The van der Waals surface area contributed by atoms with Gasteiger partial charge in [0.05, 0.1) is 12.2 Å². The highest BCUT2D eigenvalue weighted by molar-refractivity contribution is 5.95. The van der Waals surface area contributed by atoms with Crippen LogP contribution in [-0.4, -0.2) is 37.4 Å². The van der Waals surface area contributed by atoms with Crippen molar-refractivity contribution in [1.82, 2.24) is 0 Å². The van der Waals surface area contributed by atoms with Gasteiger partial charge < -0.3 is 20.5 Å². The number of nitrogen functional groups attached to an aromatic ring is 1. The first-order valence-electron chi connectivity index (χ1n) is 6.27. The number of ether oxygens (including phenoxy) is 1. The van der Waals surface area contributed by atoms with Crippen LogP contribution in [0.3, 0.4) is 0 Å². The Kier molecular flexibility index (Phi) is 5.18. The average Bonchev–Trinajstić information content (AvgIpc) is 2.32. The predicted molar refractivity (Wildman–Crippen MR) is 76.9 cm³/mol. The Balaban J connectivity index is 3.20. The molecule has 0 heterocycles. The van der Waals surface area contributed by atoms with Crippen molar-refractivity contribution in [2.75, 3.05) is 30.9 Å². The lowest BCUT2D eigenvalue weighted by atomic mass is 10.1. The molecule has 0 saturated carbocycles. The van der Waals surface area contributed by atoms with Crippen LogP contribution in [0.5, 0.6) is 0 Å². The number of nitrogens with two attached hydrogens (primary N) is 1. The van der Waals surface area contributed by atoms with Crippen molar-refractivity contribution in [3.63, 3.8) is 0 Å². The molecule has 0 amide bonds. The molecule has 5 nitrogen and oxygen atoms in total. The first-order chi connectivity index (χ1) is 8.88. The maximum atomic E-state index is 11.2. The fourth-order valence-electron chi connectivity index (χ4n) is 2.00. The van der Waals surface area contributed by atoms with Crippen LogP contribution in [0.1, 0.15) is 29.8 Å². The van der Waals surface area contributed by atoms with Crippen molar-refractivity contribution in [1.29, 1.82) is 0 Å². The summed E-state index contributed by atoms with van der Waals surface area (Å²) in [7, 11) is 1.65. The van der Waals surface area contributed by atoms with E-state index in [2.05, 4.69) is 18.7 Å². The minimum absolute atomic E-state index is 0.151. The van der Waals surface area contributed by atoms with Gasteiger partial charge in [-0.1, -0.05) is 0 Å². The third-order valence-electron chi connectivity index (χ3n) is 3.09. The van der Waals surface area contributed by atoms with Crippen molar-refractivity contribution in [3.05, 3.63) is 23.3 Å². The van der Waals surface area contributed by atoms with E-state index in [1.54, 1.807) is 13.2 Å². The number of benzene rings is 1. The molecule has 3 N–H and O–H groups in total. The molecular formula is C14H22N2O3. The number of aryl methyl sites for hydroxylation is 1. The van der Waals surface area contributed by atoms with Gasteiger partial charge in [-0.25, -0.2) is 4.79 Å². The van der Waals surface area contributed by atoms with Crippen LogP contribution in [-0.2, 0) is 4.74 Å². The first-order valence-corrected chi connectivity index (χ1v) is 6.27. The lowest BCUT2D eigenvalue weighted by Crippen LogP contribution is -2.34. The van der Waals surface area contributed by atoms with Crippen molar-refractivity contribution in [3.8, 4) is 0 Å². The fraction of sp³-hybridized carbons (Fsp3) is 0.500. The van der Waals surface area contributed by atoms with Gasteiger partial charge in [0.2, 0.25) is 0 Å². The summed E-state index contributed by atoms with van der Waals surface area (Å²) in [6.45, 7) is 7.23. The van der Waals surface area contributed by atoms with E-state index in [-0.39, 0.29) is 11.6 Å². The van der Waals surface area contributed by atoms with E-state index in [1.165, 1.54) is 0 Å². The second-order valence-electron chi connectivity index (χ2n) is 4.81. The Morgan fingerprint density at radius 2 is 2.11 bits per heavy atom. The molecular weight excluding hydrogens is 244 g/mol. The van der Waals surface area contributed by atoms with Gasteiger partial charge in [-0.15, -0.1) is 0 Å². The first kappa shape index (κ1) is 15.3. The molecule has 0 radical (unpaired) electrons. The highest BCUT2D eigenvalue weighted by atomic mass is 16.5. The van der Waals surface area contributed by atoms with Gasteiger partial charge in [0.15, 0.2) is 0 Å². The average molecular weight is 266 g/mol. The number of aromatic carboxylic acids is 1. The molecule has 0 aliphatic rings. The van der Waals surface area contributed by atoms with Gasteiger partial charge in [-0.05, 0) is 38.5 Å². The number of hydrogen-bond donors (Lipinski definition) is 2. The molecule has 0 aliphatic carbocycles. The highest BCUT2D eigenvalue weighted by Gasteiger charge is 2.16. The Labute approximate surface area is 114 Å². The second-order valence-corrected chi connectivity index (χ2v) is 4.81. The molecule has 5 heteroatoms. The normalized spacial score (nSPS) is 10.8. The van der Waals surface area contributed by atoms with Crippen LogP contribution < -0.4 is 10.6 Å². The van der Waals surface area contributed by atoms with Crippen molar-refractivity contribution in [2.45, 2.75) is 26.8 Å². The Hall–Kier alpha value is -1.75. The predicted octanol–water partition coefficient (Wildman–Crippen LogP) is 2.14. The van der Waals surface area contributed by atoms with Gasteiger partial charge in [0, 0.05) is 31.1 Å². The Morgan fingerprint density at radius 3 is 2.58 bits per heavy atom. The van der Waals surface area contributed by atoms with Crippen LogP contribution in [0.15, 0.2) is 12.1 Å². The minimum atomic E-state index is -1.00. The van der Waals surface area contributed by atoms with E-state index in [4.69, 9.17) is 10.5 Å². The number of rotatable bonds is 6. The zero-order valence-electron chi connectivity index (χ0n) is 11.9. The zero-order valence-corrected chi connectivity index (χ0v) is 11.9. The molecule has 1 aromatic rings. The van der Waals surface area contributed by atoms with Gasteiger partial charge in [0.1, 0.15) is 0 Å². The third-order valence-corrected chi connectivity index (χ3v) is 3.09. The van der Waals surface area contributed by atoms with E-state index < -0.39 is 5.97 Å². The maximum absolute atomic E-state index is 11.2. The summed E-state index contributed by atoms with van der Waals surface area (Å²) in [4.78, 5) is 13.3. The van der Waals surface area contributed by atoms with Crippen molar-refractivity contribution >= 4 is 17.3 Å². The van der Waals surface area contributed by atoms with E-state index in [1.807, 2.05) is 13.0 Å². The third kappa shape index (κ3) is 3.61. The summed E-state index contributed by atoms with van der Waals surface area (Å²) in [5, 5.41) is 9.19. The quantitative estimate of drug-likeness (QED) is 0.771. The van der Waals surface area contributed by atoms with Crippen molar-refractivity contribution < 1.29 is 14.6 Å². The van der Waals surface area contributed by atoms with E-state index in [0.29, 0.717) is 18.8 Å². The lowest BCUT2D eigenvalue weighted by Gasteiger charge is -2.29. The van der Waals surface area contributed by atoms with Gasteiger partial charge >= 0.3 is 5.97 Å². The molecule has 0 aliphatic heterocycles. The van der Waals surface area contributed by atoms with Crippen LogP contribution in [0.4, 0.5) is 11.4 Å². The molecule has 1 aromatic carbocycles. The second kappa shape index (κ2) is 6.43. The summed E-state index contributed by atoms with van der Waals surface area (Å²) in [5.41, 5.74) is 7.91. The fourth-order valence-corrected chi connectivity index (χ4v) is 2.00. The molecule has 0 fully saturated rings. The standard InChI is InChI=1S/C14H22N2O3/c1-9(2)16(5-6-19-4)11-7-10(3)13(15)12(8-11)14(17)18/h7-9H,5-6,15H2,1-4H3,(H,17,18). The lowest BCUT2D eigenvalue weighted by molar-refractivity contribution is 0.0698. The molecule has 106 valence electrons. The Bertz CT molecular complexity index is 458. The highest BCUT2D eigenvalue weighted by Crippen LogP contribution is 2.26. The largest absolute Gasteiger partial charge is 0.478 e. The molecule has 0 unspecified atom stereocenters. The van der Waals surface area contributed by atoms with Gasteiger partial charge in [0.25, 0.3) is 0 Å². The van der Waals surface area contributed by atoms with Gasteiger partial charge in [-0.2, -0.15) is 0 Å². The van der Waals surface area contributed by atoms with Crippen LogP contribution in [0.25, 0.3) is 0 Å². The summed E-state index contributed by atoms with van der Waals surface area (Å²) < 4.78 is 5.09.